The third-order valence-electron chi connectivity index (χ3n) is 5.88. The highest BCUT2D eigenvalue weighted by Crippen LogP contribution is 2.22. The number of aromatic nitrogens is 1. The summed E-state index contributed by atoms with van der Waals surface area (Å²) in [5.41, 5.74) is 15.9. The molecule has 4 atom stereocenters. The van der Waals surface area contributed by atoms with Gasteiger partial charge >= 0.3 is 6.18 Å². The molecule has 34 heavy (non-hydrogen) atoms. The van der Waals surface area contributed by atoms with Crippen molar-refractivity contribution in [1.29, 1.82) is 0 Å². The fourth-order valence-corrected chi connectivity index (χ4v) is 3.71. The number of nitrogens with zero attached hydrogens (tertiary/aromatic N) is 1. The lowest BCUT2D eigenvalue weighted by Crippen LogP contribution is -2.44. The van der Waals surface area contributed by atoms with Gasteiger partial charge in [0.15, 0.2) is 0 Å². The van der Waals surface area contributed by atoms with E-state index < -0.39 is 18.4 Å². The molecule has 4 unspecified atom stereocenters. The number of hydrogen-bond donors (Lipinski definition) is 5. The predicted molar refractivity (Wildman–Crippen MR) is 132 cm³/mol. The zero-order valence-corrected chi connectivity index (χ0v) is 20.3. The van der Waals surface area contributed by atoms with Crippen molar-refractivity contribution >= 4 is 5.69 Å². The summed E-state index contributed by atoms with van der Waals surface area (Å²) in [4.78, 5) is 4.26. The molecule has 1 heterocycles. The van der Waals surface area contributed by atoms with Crippen molar-refractivity contribution < 1.29 is 13.2 Å². The van der Waals surface area contributed by atoms with E-state index in [1.165, 1.54) is 5.56 Å². The van der Waals surface area contributed by atoms with Gasteiger partial charge in [0.1, 0.15) is 6.04 Å². The van der Waals surface area contributed by atoms with E-state index >= 15 is 0 Å². The van der Waals surface area contributed by atoms with Crippen molar-refractivity contribution in [3.05, 3.63) is 59.4 Å². The summed E-state index contributed by atoms with van der Waals surface area (Å²) in [6.07, 6.45) is 0.529. The molecule has 1 aromatic heterocycles. The van der Waals surface area contributed by atoms with Crippen molar-refractivity contribution in [2.45, 2.75) is 76.9 Å². The molecule has 7 N–H and O–H groups in total. The normalized spacial score (nSPS) is 15.5. The zero-order chi connectivity index (χ0) is 25.1. The second kappa shape index (κ2) is 13.6. The summed E-state index contributed by atoms with van der Waals surface area (Å²) in [5, 5.41) is 9.27. The molecule has 0 aliphatic heterocycles. The van der Waals surface area contributed by atoms with E-state index in [2.05, 4.69) is 33.9 Å². The number of unbranched alkanes of at least 4 members (excludes halogenated alkanes) is 1. The SMILES string of the molecule is CCC(NCC(N)CCCCNc1ccc(C(N)NC(C)C(F)(F)F)cc1)c1ccnc(C)c1. The lowest BCUT2D eigenvalue weighted by atomic mass is 10.0. The van der Waals surface area contributed by atoms with Crippen LogP contribution in [0.3, 0.4) is 0 Å². The molecular formula is C25H39F3N6. The summed E-state index contributed by atoms with van der Waals surface area (Å²) in [6.45, 7) is 6.76. The lowest BCUT2D eigenvalue weighted by Gasteiger charge is -2.22. The average molecular weight is 481 g/mol. The minimum atomic E-state index is -4.33. The second-order valence-corrected chi connectivity index (χ2v) is 8.81. The molecule has 0 saturated heterocycles. The van der Waals surface area contributed by atoms with Gasteiger partial charge in [-0.05, 0) is 68.5 Å². The van der Waals surface area contributed by atoms with E-state index in [0.717, 1.165) is 57.1 Å². The first-order valence-corrected chi connectivity index (χ1v) is 11.9. The van der Waals surface area contributed by atoms with Gasteiger partial charge in [0.2, 0.25) is 0 Å². The number of halogens is 3. The van der Waals surface area contributed by atoms with Crippen LogP contribution in [0.1, 0.15) is 68.6 Å². The molecule has 0 bridgehead atoms. The maximum atomic E-state index is 12.7. The van der Waals surface area contributed by atoms with Crippen molar-refractivity contribution in [3.8, 4) is 0 Å². The Hall–Kier alpha value is -2.20. The van der Waals surface area contributed by atoms with Crippen LogP contribution in [0.2, 0.25) is 0 Å². The number of anilines is 1. The highest BCUT2D eigenvalue weighted by Gasteiger charge is 2.36. The molecule has 190 valence electrons. The minimum Gasteiger partial charge on any atom is -0.385 e. The van der Waals surface area contributed by atoms with Gasteiger partial charge in [0.25, 0.3) is 0 Å². The largest absolute Gasteiger partial charge is 0.403 e. The number of aryl methyl sites for hydroxylation is 1. The van der Waals surface area contributed by atoms with Gasteiger partial charge in [-0.25, -0.2) is 0 Å². The Morgan fingerprint density at radius 2 is 1.74 bits per heavy atom. The lowest BCUT2D eigenvalue weighted by molar-refractivity contribution is -0.153. The molecule has 9 heteroatoms. The highest BCUT2D eigenvalue weighted by atomic mass is 19.4. The number of nitrogens with two attached hydrogens (primary N) is 2. The molecule has 0 saturated carbocycles. The third kappa shape index (κ3) is 9.58. The molecule has 2 aromatic rings. The van der Waals surface area contributed by atoms with Crippen LogP contribution >= 0.6 is 0 Å². The fraction of sp³-hybridized carbons (Fsp3) is 0.560. The van der Waals surface area contributed by atoms with Crippen LogP contribution in [-0.4, -0.2) is 36.3 Å². The number of hydrogen-bond acceptors (Lipinski definition) is 6. The van der Waals surface area contributed by atoms with Gasteiger partial charge in [-0.3, -0.25) is 10.3 Å². The first kappa shape index (κ1) is 28.0. The summed E-state index contributed by atoms with van der Waals surface area (Å²) in [5.74, 6) is 0. The van der Waals surface area contributed by atoms with Crippen molar-refractivity contribution in [1.82, 2.24) is 15.6 Å². The molecule has 0 spiro atoms. The van der Waals surface area contributed by atoms with Crippen molar-refractivity contribution in [2.75, 3.05) is 18.4 Å². The van der Waals surface area contributed by atoms with Crippen LogP contribution < -0.4 is 27.4 Å². The van der Waals surface area contributed by atoms with E-state index in [1.54, 1.807) is 12.1 Å². The molecule has 0 fully saturated rings. The Kier molecular flexibility index (Phi) is 11.2. The molecule has 0 aliphatic carbocycles. The van der Waals surface area contributed by atoms with Crippen LogP contribution in [0.15, 0.2) is 42.6 Å². The zero-order valence-electron chi connectivity index (χ0n) is 20.3. The van der Waals surface area contributed by atoms with Crippen LogP contribution in [-0.2, 0) is 0 Å². The van der Waals surface area contributed by atoms with Gasteiger partial charge in [0.05, 0.1) is 6.17 Å². The van der Waals surface area contributed by atoms with Gasteiger partial charge in [-0.2, -0.15) is 13.2 Å². The first-order chi connectivity index (χ1) is 16.1. The Morgan fingerprint density at radius 1 is 1.03 bits per heavy atom. The van der Waals surface area contributed by atoms with Crippen LogP contribution in [0, 0.1) is 6.92 Å². The first-order valence-electron chi connectivity index (χ1n) is 11.9. The number of nitrogens with one attached hydrogen (secondary N) is 3. The molecule has 1 aromatic carbocycles. The van der Waals surface area contributed by atoms with Crippen LogP contribution in [0.25, 0.3) is 0 Å². The van der Waals surface area contributed by atoms with Crippen LogP contribution in [0.5, 0.6) is 0 Å². The topological polar surface area (TPSA) is 101 Å². The van der Waals surface area contributed by atoms with E-state index in [1.807, 2.05) is 31.3 Å². The Bertz CT molecular complexity index is 843. The standard InChI is InChI=1S/C25H39F3N6/c1-4-23(20-12-14-31-17(2)15-20)33-16-21(29)7-5-6-13-32-22-10-8-19(9-11-22)24(30)34-18(3)25(26,27)28/h8-12,14-15,18,21,23-24,32-34H,4-7,13,16,29-30H2,1-3H3. The highest BCUT2D eigenvalue weighted by molar-refractivity contribution is 5.45. The van der Waals surface area contributed by atoms with Gasteiger partial charge in [-0.1, -0.05) is 25.5 Å². The van der Waals surface area contributed by atoms with Gasteiger partial charge in [0, 0.05) is 42.8 Å². The van der Waals surface area contributed by atoms with Crippen LogP contribution in [0.4, 0.5) is 18.9 Å². The quantitative estimate of drug-likeness (QED) is 0.201. The number of benzene rings is 1. The minimum absolute atomic E-state index is 0.0874. The molecule has 0 amide bonds. The van der Waals surface area contributed by atoms with E-state index in [4.69, 9.17) is 11.5 Å². The molecule has 0 radical (unpaired) electrons. The fourth-order valence-electron chi connectivity index (χ4n) is 3.71. The average Bonchev–Trinajstić information content (AvgIpc) is 2.79. The summed E-state index contributed by atoms with van der Waals surface area (Å²) < 4.78 is 38.0. The predicted octanol–water partition coefficient (Wildman–Crippen LogP) is 4.54. The molecule has 0 aliphatic rings. The van der Waals surface area contributed by atoms with E-state index in [9.17, 15) is 13.2 Å². The monoisotopic (exact) mass is 480 g/mol. The van der Waals surface area contributed by atoms with Gasteiger partial charge < -0.3 is 22.1 Å². The number of alkyl halides is 3. The van der Waals surface area contributed by atoms with Crippen molar-refractivity contribution in [2.24, 2.45) is 11.5 Å². The molecule has 2 rings (SSSR count). The number of pyridine rings is 1. The maximum Gasteiger partial charge on any atom is 0.403 e. The van der Waals surface area contributed by atoms with E-state index in [-0.39, 0.29) is 12.1 Å². The Balaban J connectivity index is 1.65. The second-order valence-electron chi connectivity index (χ2n) is 8.81. The molecular weight excluding hydrogens is 441 g/mol. The maximum absolute atomic E-state index is 12.7. The summed E-state index contributed by atoms with van der Waals surface area (Å²) in [7, 11) is 0. The molecule has 6 nitrogen and oxygen atoms in total. The van der Waals surface area contributed by atoms with E-state index in [0.29, 0.717) is 5.56 Å². The smallest absolute Gasteiger partial charge is 0.385 e. The van der Waals surface area contributed by atoms with Crippen molar-refractivity contribution in [3.63, 3.8) is 0 Å². The Morgan fingerprint density at radius 3 is 2.35 bits per heavy atom. The number of rotatable bonds is 14. The summed E-state index contributed by atoms with van der Waals surface area (Å²) >= 11 is 0. The third-order valence-corrected chi connectivity index (χ3v) is 5.88. The Labute approximate surface area is 201 Å². The summed E-state index contributed by atoms with van der Waals surface area (Å²) in [6, 6.07) is 9.98. The van der Waals surface area contributed by atoms with Gasteiger partial charge in [-0.15, -0.1) is 0 Å².